The summed E-state index contributed by atoms with van der Waals surface area (Å²) in [7, 11) is 1.90. The normalized spacial score (nSPS) is 11.8. The number of aromatic hydroxyl groups is 1. The van der Waals surface area contributed by atoms with Gasteiger partial charge >= 0.3 is 5.95 Å². The van der Waals surface area contributed by atoms with Crippen molar-refractivity contribution in [1.29, 1.82) is 0 Å². The number of oxazole rings is 1. The topological polar surface area (TPSA) is 76.4 Å². The average Bonchev–Trinajstić information content (AvgIpc) is 3.26. The van der Waals surface area contributed by atoms with Crippen molar-refractivity contribution in [2.45, 2.75) is 0 Å². The van der Waals surface area contributed by atoms with Crippen molar-refractivity contribution in [2.24, 2.45) is 12.0 Å². The lowest BCUT2D eigenvalue weighted by Crippen LogP contribution is -1.88. The van der Waals surface area contributed by atoms with Crippen molar-refractivity contribution in [1.82, 2.24) is 14.5 Å². The number of fused-ring (bicyclic) bond motifs is 2. The van der Waals surface area contributed by atoms with Crippen LogP contribution in [0, 0.1) is 0 Å². The molecule has 0 amide bonds. The van der Waals surface area contributed by atoms with E-state index in [1.807, 2.05) is 78.3 Å². The number of aryl methyl sites for hydroxylation is 1. The molecule has 0 atom stereocenters. The van der Waals surface area contributed by atoms with Crippen LogP contribution in [0.5, 0.6) is 5.95 Å². The molecular weight excluding hydrogens is 352 g/mol. The highest BCUT2D eigenvalue weighted by atomic mass is 16.5. The van der Waals surface area contributed by atoms with Gasteiger partial charge in [0.2, 0.25) is 11.8 Å². The van der Waals surface area contributed by atoms with Crippen molar-refractivity contribution < 1.29 is 9.52 Å². The molecule has 5 aromatic rings. The van der Waals surface area contributed by atoms with Crippen LogP contribution in [0.1, 0.15) is 5.69 Å². The highest BCUT2D eigenvalue weighted by Crippen LogP contribution is 2.31. The van der Waals surface area contributed by atoms with E-state index < -0.39 is 0 Å². The maximum Gasteiger partial charge on any atom is 0.312 e. The van der Waals surface area contributed by atoms with Gasteiger partial charge in [-0.1, -0.05) is 48.5 Å². The Morgan fingerprint density at radius 2 is 1.75 bits per heavy atom. The molecule has 6 nitrogen and oxygen atoms in total. The van der Waals surface area contributed by atoms with Gasteiger partial charge in [0.15, 0.2) is 5.69 Å². The maximum atomic E-state index is 10.2. The van der Waals surface area contributed by atoms with E-state index in [9.17, 15) is 5.11 Å². The van der Waals surface area contributed by atoms with Gasteiger partial charge in [-0.05, 0) is 29.0 Å². The van der Waals surface area contributed by atoms with Crippen LogP contribution in [0.3, 0.4) is 0 Å². The quantitative estimate of drug-likeness (QED) is 0.462. The van der Waals surface area contributed by atoms with Crippen molar-refractivity contribution in [3.63, 3.8) is 0 Å². The number of imidazole rings is 1. The number of hydrogen-bond acceptors (Lipinski definition) is 5. The molecule has 136 valence electrons. The lowest BCUT2D eigenvalue weighted by atomic mass is 10.0. The first kappa shape index (κ1) is 16.3. The summed E-state index contributed by atoms with van der Waals surface area (Å²) in [5.41, 5.74) is 2.92. The molecule has 0 spiro atoms. The Morgan fingerprint density at radius 1 is 0.964 bits per heavy atom. The first-order valence-corrected chi connectivity index (χ1v) is 8.84. The molecule has 0 radical (unpaired) electrons. The summed E-state index contributed by atoms with van der Waals surface area (Å²) in [5, 5.41) is 12.3. The zero-order valence-electron chi connectivity index (χ0n) is 15.1. The van der Waals surface area contributed by atoms with Crippen LogP contribution in [-0.2, 0) is 7.05 Å². The second kappa shape index (κ2) is 6.35. The molecule has 2 aromatic heterocycles. The van der Waals surface area contributed by atoms with Gasteiger partial charge in [0.1, 0.15) is 0 Å². The zero-order valence-corrected chi connectivity index (χ0v) is 15.1. The number of aliphatic imine (C=N–C) groups is 1. The van der Waals surface area contributed by atoms with Crippen LogP contribution in [0.25, 0.3) is 33.3 Å². The Labute approximate surface area is 160 Å². The van der Waals surface area contributed by atoms with Gasteiger partial charge in [-0.2, -0.15) is 0 Å². The number of benzene rings is 3. The third kappa shape index (κ3) is 2.63. The first-order valence-electron chi connectivity index (χ1n) is 8.84. The summed E-state index contributed by atoms with van der Waals surface area (Å²) in [6.07, 6.45) is 1.47. The van der Waals surface area contributed by atoms with Crippen molar-refractivity contribution in [2.75, 3.05) is 0 Å². The summed E-state index contributed by atoms with van der Waals surface area (Å²) in [5.74, 6) is 0.599. The highest BCUT2D eigenvalue weighted by molar-refractivity contribution is 5.95. The minimum Gasteiger partial charge on any atom is -0.479 e. The van der Waals surface area contributed by atoms with Gasteiger partial charge in [0, 0.05) is 12.6 Å². The molecule has 3 aromatic carbocycles. The molecule has 0 saturated carbocycles. The lowest BCUT2D eigenvalue weighted by Gasteiger charge is -2.01. The molecule has 0 unspecified atom stereocenters. The number of aromatic nitrogens is 3. The Morgan fingerprint density at radius 3 is 2.64 bits per heavy atom. The third-order valence-corrected chi connectivity index (χ3v) is 4.72. The van der Waals surface area contributed by atoms with Gasteiger partial charge in [-0.15, -0.1) is 0 Å². The fourth-order valence-corrected chi connectivity index (χ4v) is 3.30. The largest absolute Gasteiger partial charge is 0.479 e. The molecule has 0 saturated heterocycles. The van der Waals surface area contributed by atoms with Crippen LogP contribution >= 0.6 is 0 Å². The van der Waals surface area contributed by atoms with E-state index >= 15 is 0 Å². The number of para-hydroxylation sites is 2. The van der Waals surface area contributed by atoms with Gasteiger partial charge in [-0.3, -0.25) is 0 Å². The van der Waals surface area contributed by atoms with E-state index in [-0.39, 0.29) is 11.6 Å². The van der Waals surface area contributed by atoms with E-state index in [4.69, 9.17) is 4.42 Å². The van der Waals surface area contributed by atoms with E-state index in [0.29, 0.717) is 11.8 Å². The fraction of sp³-hybridized carbons (Fsp3) is 0.0455. The summed E-state index contributed by atoms with van der Waals surface area (Å²) >= 11 is 0. The molecule has 0 aliphatic carbocycles. The second-order valence-electron chi connectivity index (χ2n) is 6.45. The second-order valence-corrected chi connectivity index (χ2v) is 6.45. The van der Waals surface area contributed by atoms with Crippen LogP contribution in [0.15, 0.2) is 76.1 Å². The summed E-state index contributed by atoms with van der Waals surface area (Å²) in [6.45, 7) is 0. The number of nitrogens with zero attached hydrogens (tertiary/aromatic N) is 4. The van der Waals surface area contributed by atoms with Crippen molar-refractivity contribution in [3.8, 4) is 17.4 Å². The van der Waals surface area contributed by atoms with Crippen LogP contribution in [-0.4, -0.2) is 25.9 Å². The Balaban J connectivity index is 1.54. The monoisotopic (exact) mass is 368 g/mol. The Bertz CT molecular complexity index is 1340. The van der Waals surface area contributed by atoms with Crippen LogP contribution in [0.2, 0.25) is 0 Å². The zero-order chi connectivity index (χ0) is 19.1. The first-order chi connectivity index (χ1) is 13.7. The van der Waals surface area contributed by atoms with E-state index in [1.54, 1.807) is 0 Å². The van der Waals surface area contributed by atoms with Crippen LogP contribution in [0.4, 0.5) is 5.95 Å². The van der Waals surface area contributed by atoms with Gasteiger partial charge < -0.3 is 14.1 Å². The third-order valence-electron chi connectivity index (χ3n) is 4.72. The molecule has 0 aliphatic heterocycles. The average molecular weight is 368 g/mol. The minimum atomic E-state index is -0.273. The van der Waals surface area contributed by atoms with Crippen molar-refractivity contribution >= 4 is 34.0 Å². The molecule has 0 bridgehead atoms. The molecule has 28 heavy (non-hydrogen) atoms. The SMILES string of the molecule is Cn1c(/N=C/c2nc(-c3cccc4ccccc34)oc2O)nc2ccccc21. The predicted octanol–water partition coefficient (Wildman–Crippen LogP) is 4.84. The maximum absolute atomic E-state index is 10.2. The van der Waals surface area contributed by atoms with Gasteiger partial charge in [0.25, 0.3) is 0 Å². The van der Waals surface area contributed by atoms with E-state index in [2.05, 4.69) is 15.0 Å². The Kier molecular flexibility index (Phi) is 3.69. The molecule has 2 heterocycles. The molecule has 1 N–H and O–H groups in total. The Hall–Kier alpha value is -3.93. The van der Waals surface area contributed by atoms with Gasteiger partial charge in [-0.25, -0.2) is 15.0 Å². The van der Waals surface area contributed by atoms with Crippen LogP contribution < -0.4 is 0 Å². The van der Waals surface area contributed by atoms with Crippen molar-refractivity contribution in [3.05, 3.63) is 72.4 Å². The standard InChI is InChI=1S/C22H16N4O2/c1-26-19-12-5-4-11-17(19)25-22(26)23-13-18-21(27)28-20(24-18)16-10-6-8-14-7-2-3-9-15(14)16/h2-13,27H,1H3/b23-13+. The molecular formula is C22H16N4O2. The molecule has 5 rings (SSSR count). The highest BCUT2D eigenvalue weighted by Gasteiger charge is 2.15. The van der Waals surface area contributed by atoms with E-state index in [0.717, 1.165) is 27.4 Å². The van der Waals surface area contributed by atoms with E-state index in [1.165, 1.54) is 6.21 Å². The fourth-order valence-electron chi connectivity index (χ4n) is 3.30. The van der Waals surface area contributed by atoms with Gasteiger partial charge in [0.05, 0.1) is 17.2 Å². The number of hydrogen-bond donors (Lipinski definition) is 1. The predicted molar refractivity (Wildman–Crippen MR) is 109 cm³/mol. The number of rotatable bonds is 3. The molecule has 0 aliphatic rings. The summed E-state index contributed by atoms with van der Waals surface area (Å²) < 4.78 is 7.40. The molecule has 6 heteroatoms. The summed E-state index contributed by atoms with van der Waals surface area (Å²) in [4.78, 5) is 13.3. The minimum absolute atomic E-state index is 0.259. The summed E-state index contributed by atoms with van der Waals surface area (Å²) in [6, 6.07) is 21.6. The lowest BCUT2D eigenvalue weighted by molar-refractivity contribution is 0.337. The smallest absolute Gasteiger partial charge is 0.312 e. The molecule has 0 fully saturated rings.